The molecular formula is C17H22N2O4S. The second-order valence-electron chi connectivity index (χ2n) is 5.08. The van der Waals surface area contributed by atoms with Crippen molar-refractivity contribution in [3.8, 4) is 22.8 Å². The second kappa shape index (κ2) is 8.01. The summed E-state index contributed by atoms with van der Waals surface area (Å²) in [4.78, 5) is 18.8. The molecule has 0 amide bonds. The molecule has 0 fully saturated rings. The number of hydrogen-bond acceptors (Lipinski definition) is 6. The van der Waals surface area contributed by atoms with Crippen molar-refractivity contribution in [2.75, 3.05) is 32.2 Å². The summed E-state index contributed by atoms with van der Waals surface area (Å²) in [5.41, 5.74) is 1.50. The Morgan fingerprint density at radius 1 is 1.21 bits per heavy atom. The first-order valence-electron chi connectivity index (χ1n) is 7.72. The molecule has 0 radical (unpaired) electrons. The molecule has 2 aromatic rings. The van der Waals surface area contributed by atoms with Crippen LogP contribution in [0, 0.1) is 0 Å². The van der Waals surface area contributed by atoms with Crippen LogP contribution in [0.5, 0.6) is 11.5 Å². The van der Waals surface area contributed by atoms with E-state index in [-0.39, 0.29) is 6.42 Å². The Morgan fingerprint density at radius 3 is 2.42 bits per heavy atom. The molecule has 6 nitrogen and oxygen atoms in total. The Morgan fingerprint density at radius 2 is 1.88 bits per heavy atom. The zero-order chi connectivity index (χ0) is 17.7. The van der Waals surface area contributed by atoms with E-state index in [0.29, 0.717) is 17.2 Å². The number of nitrogens with zero attached hydrogens (tertiary/aromatic N) is 2. The summed E-state index contributed by atoms with van der Waals surface area (Å²) in [5.74, 6) is 0.348. The van der Waals surface area contributed by atoms with Crippen LogP contribution in [-0.2, 0) is 11.2 Å². The number of benzene rings is 1. The first-order valence-corrected chi connectivity index (χ1v) is 8.54. The maximum atomic E-state index is 11.2. The average molecular weight is 350 g/mol. The zero-order valence-corrected chi connectivity index (χ0v) is 15.1. The SMILES string of the molecule is CCN(CC)c1nc(-c2ccc(OC)c(OC)c2)c(CC(=O)O)s1. The number of aromatic nitrogens is 1. The van der Waals surface area contributed by atoms with Crippen LogP contribution in [0.2, 0.25) is 0 Å². The molecule has 0 spiro atoms. The molecule has 0 aliphatic rings. The van der Waals surface area contributed by atoms with E-state index >= 15 is 0 Å². The van der Waals surface area contributed by atoms with Gasteiger partial charge >= 0.3 is 5.97 Å². The molecule has 0 saturated heterocycles. The zero-order valence-electron chi connectivity index (χ0n) is 14.3. The summed E-state index contributed by atoms with van der Waals surface area (Å²) in [6.07, 6.45) is -0.0530. The van der Waals surface area contributed by atoms with Crippen molar-refractivity contribution in [1.29, 1.82) is 0 Å². The third-order valence-corrected chi connectivity index (χ3v) is 4.80. The standard InChI is InChI=1S/C17H22N2O4S/c1-5-19(6-2)17-18-16(14(24-17)10-15(20)21)11-7-8-12(22-3)13(9-11)23-4/h7-9H,5-6,10H2,1-4H3,(H,20,21). The van der Waals surface area contributed by atoms with Gasteiger partial charge in [-0.1, -0.05) is 0 Å². The summed E-state index contributed by atoms with van der Waals surface area (Å²) >= 11 is 1.43. The lowest BCUT2D eigenvalue weighted by Crippen LogP contribution is -2.21. The highest BCUT2D eigenvalue weighted by atomic mass is 32.1. The van der Waals surface area contributed by atoms with Crippen LogP contribution in [0.25, 0.3) is 11.3 Å². The molecule has 1 aromatic heterocycles. The van der Waals surface area contributed by atoms with Gasteiger partial charge in [0.25, 0.3) is 0 Å². The van der Waals surface area contributed by atoms with Gasteiger partial charge in [0.1, 0.15) is 0 Å². The maximum absolute atomic E-state index is 11.2. The summed E-state index contributed by atoms with van der Waals surface area (Å²) in [7, 11) is 3.15. The molecule has 7 heteroatoms. The van der Waals surface area contributed by atoms with Gasteiger partial charge in [0.15, 0.2) is 16.6 Å². The predicted octanol–water partition coefficient (Wildman–Crippen LogP) is 3.30. The van der Waals surface area contributed by atoms with E-state index in [1.165, 1.54) is 11.3 Å². The van der Waals surface area contributed by atoms with Crippen molar-refractivity contribution < 1.29 is 19.4 Å². The largest absolute Gasteiger partial charge is 0.493 e. The number of carboxylic acid groups (broad SMARTS) is 1. The quantitative estimate of drug-likeness (QED) is 0.787. The van der Waals surface area contributed by atoms with Crippen LogP contribution in [0.3, 0.4) is 0 Å². The van der Waals surface area contributed by atoms with Crippen molar-refractivity contribution in [2.45, 2.75) is 20.3 Å². The van der Waals surface area contributed by atoms with E-state index in [2.05, 4.69) is 18.7 Å². The molecule has 0 atom stereocenters. The smallest absolute Gasteiger partial charge is 0.308 e. The highest BCUT2D eigenvalue weighted by Crippen LogP contribution is 2.37. The molecule has 1 N–H and O–H groups in total. The number of carboxylic acids is 1. The Kier molecular flexibility index (Phi) is 6.03. The van der Waals surface area contributed by atoms with Gasteiger partial charge < -0.3 is 19.5 Å². The molecule has 1 aromatic carbocycles. The van der Waals surface area contributed by atoms with Gasteiger partial charge in [0, 0.05) is 23.5 Å². The van der Waals surface area contributed by atoms with Crippen LogP contribution in [0.1, 0.15) is 18.7 Å². The Balaban J connectivity index is 2.52. The summed E-state index contributed by atoms with van der Waals surface area (Å²) in [5, 5.41) is 10.0. The van der Waals surface area contributed by atoms with Gasteiger partial charge in [-0.15, -0.1) is 11.3 Å². The number of methoxy groups -OCH3 is 2. The summed E-state index contributed by atoms with van der Waals surface area (Å²) in [6.45, 7) is 5.75. The molecule has 0 unspecified atom stereocenters. The number of hydrogen-bond donors (Lipinski definition) is 1. The van der Waals surface area contributed by atoms with E-state index < -0.39 is 5.97 Å². The van der Waals surface area contributed by atoms with Crippen LogP contribution in [0.4, 0.5) is 5.13 Å². The molecule has 1 heterocycles. The van der Waals surface area contributed by atoms with Gasteiger partial charge in [-0.3, -0.25) is 4.79 Å². The lowest BCUT2D eigenvalue weighted by atomic mass is 10.1. The first-order chi connectivity index (χ1) is 11.5. The molecule has 0 aliphatic heterocycles. The van der Waals surface area contributed by atoms with Crippen molar-refractivity contribution in [2.24, 2.45) is 0 Å². The van der Waals surface area contributed by atoms with Crippen molar-refractivity contribution in [3.05, 3.63) is 23.1 Å². The van der Waals surface area contributed by atoms with Crippen molar-refractivity contribution in [3.63, 3.8) is 0 Å². The van der Waals surface area contributed by atoms with Gasteiger partial charge in [-0.05, 0) is 32.0 Å². The number of carbonyl (C=O) groups is 1. The third-order valence-electron chi connectivity index (χ3n) is 3.69. The fourth-order valence-electron chi connectivity index (χ4n) is 2.43. The fourth-order valence-corrected chi connectivity index (χ4v) is 3.64. The molecule has 0 bridgehead atoms. The van der Waals surface area contributed by atoms with Crippen molar-refractivity contribution >= 4 is 22.4 Å². The Labute approximate surface area is 145 Å². The minimum atomic E-state index is -0.869. The highest BCUT2D eigenvalue weighted by Gasteiger charge is 2.19. The van der Waals surface area contributed by atoms with Crippen molar-refractivity contribution in [1.82, 2.24) is 4.98 Å². The monoisotopic (exact) mass is 350 g/mol. The Bertz CT molecular complexity index is 711. The van der Waals surface area contributed by atoms with E-state index in [4.69, 9.17) is 14.5 Å². The van der Waals surface area contributed by atoms with Crippen LogP contribution in [-0.4, -0.2) is 43.4 Å². The molecule has 130 valence electrons. The molecular weight excluding hydrogens is 328 g/mol. The number of ether oxygens (including phenoxy) is 2. The van der Waals surface area contributed by atoms with Crippen LogP contribution >= 0.6 is 11.3 Å². The minimum Gasteiger partial charge on any atom is -0.493 e. The average Bonchev–Trinajstić information content (AvgIpc) is 2.98. The molecule has 24 heavy (non-hydrogen) atoms. The predicted molar refractivity (Wildman–Crippen MR) is 95.6 cm³/mol. The number of rotatable bonds is 8. The number of thiazole rings is 1. The molecule has 0 saturated carbocycles. The summed E-state index contributed by atoms with van der Waals surface area (Å²) in [6, 6.07) is 5.49. The maximum Gasteiger partial charge on any atom is 0.308 e. The normalized spacial score (nSPS) is 10.5. The van der Waals surface area contributed by atoms with Gasteiger partial charge in [-0.25, -0.2) is 4.98 Å². The highest BCUT2D eigenvalue weighted by molar-refractivity contribution is 7.16. The lowest BCUT2D eigenvalue weighted by molar-refractivity contribution is -0.136. The van der Waals surface area contributed by atoms with E-state index in [0.717, 1.165) is 28.7 Å². The number of aliphatic carboxylic acids is 1. The van der Waals surface area contributed by atoms with Gasteiger partial charge in [0.2, 0.25) is 0 Å². The minimum absolute atomic E-state index is 0.0530. The van der Waals surface area contributed by atoms with Crippen LogP contribution in [0.15, 0.2) is 18.2 Å². The fraction of sp³-hybridized carbons (Fsp3) is 0.412. The summed E-state index contributed by atoms with van der Waals surface area (Å²) < 4.78 is 10.6. The molecule has 0 aliphatic carbocycles. The topological polar surface area (TPSA) is 71.9 Å². The van der Waals surface area contributed by atoms with E-state index in [1.54, 1.807) is 20.3 Å². The van der Waals surface area contributed by atoms with E-state index in [1.807, 2.05) is 12.1 Å². The second-order valence-corrected chi connectivity index (χ2v) is 6.14. The molecule has 2 rings (SSSR count). The lowest BCUT2D eigenvalue weighted by Gasteiger charge is -2.16. The van der Waals surface area contributed by atoms with Gasteiger partial charge in [0.05, 0.1) is 26.3 Å². The number of anilines is 1. The van der Waals surface area contributed by atoms with E-state index in [9.17, 15) is 9.90 Å². The van der Waals surface area contributed by atoms with Crippen LogP contribution < -0.4 is 14.4 Å². The third kappa shape index (κ3) is 3.79. The first kappa shape index (κ1) is 18.1. The van der Waals surface area contributed by atoms with Gasteiger partial charge in [-0.2, -0.15) is 0 Å². The Hall–Kier alpha value is -2.28.